The normalized spacial score (nSPS) is 12.7. The van der Waals surface area contributed by atoms with Gasteiger partial charge in [0, 0.05) is 0 Å². The smallest absolute Gasteiger partial charge is 0.0654 e. The van der Waals surface area contributed by atoms with Gasteiger partial charge < -0.3 is 0 Å². The van der Waals surface area contributed by atoms with Gasteiger partial charge in [-0.15, -0.1) is 0 Å². The van der Waals surface area contributed by atoms with Gasteiger partial charge in [0.05, 0.1) is 0 Å². The second-order valence-corrected chi connectivity index (χ2v) is 5.02. The third kappa shape index (κ3) is 3.15. The second kappa shape index (κ2) is 6.88. The van der Waals surface area contributed by atoms with Crippen LogP contribution in [-0.4, -0.2) is 7.85 Å². The molecule has 0 saturated carbocycles. The zero-order chi connectivity index (χ0) is 12.8. The summed E-state index contributed by atoms with van der Waals surface area (Å²) in [5, 5.41) is 0. The summed E-state index contributed by atoms with van der Waals surface area (Å²) in [6, 6.07) is 4.75. The number of hydrogen-bond donors (Lipinski definition) is 0. The van der Waals surface area contributed by atoms with Crippen molar-refractivity contribution in [2.24, 2.45) is 0 Å². The van der Waals surface area contributed by atoms with E-state index in [-0.39, 0.29) is 0 Å². The Balaban J connectivity index is 3.22. The third-order valence-corrected chi connectivity index (χ3v) is 3.91. The van der Waals surface area contributed by atoms with Crippen molar-refractivity contribution in [2.75, 3.05) is 0 Å². The molecule has 0 nitrogen and oxygen atoms in total. The van der Waals surface area contributed by atoms with Gasteiger partial charge in [0.25, 0.3) is 0 Å². The molecule has 0 heterocycles. The molecular formula is C16H27B. The average Bonchev–Trinajstić information content (AvgIpc) is 2.36. The minimum absolute atomic E-state index is 0.714. The van der Waals surface area contributed by atoms with Gasteiger partial charge in [-0.3, -0.25) is 0 Å². The van der Waals surface area contributed by atoms with Crippen LogP contribution in [0.4, 0.5) is 0 Å². The lowest BCUT2D eigenvalue weighted by Gasteiger charge is -2.20. The predicted octanol–water partition coefficient (Wildman–Crippen LogP) is 3.85. The lowest BCUT2D eigenvalue weighted by atomic mass is 9.74. The van der Waals surface area contributed by atoms with Crippen molar-refractivity contribution in [1.82, 2.24) is 0 Å². The van der Waals surface area contributed by atoms with Crippen LogP contribution >= 0.6 is 0 Å². The molecule has 0 aliphatic carbocycles. The van der Waals surface area contributed by atoms with Gasteiger partial charge in [-0.2, -0.15) is 0 Å². The topological polar surface area (TPSA) is 0 Å². The number of aryl methyl sites for hydroxylation is 1. The van der Waals surface area contributed by atoms with Gasteiger partial charge in [0.1, 0.15) is 7.85 Å². The van der Waals surface area contributed by atoms with E-state index in [2.05, 4.69) is 47.7 Å². The van der Waals surface area contributed by atoms with Crippen LogP contribution in [0, 0.1) is 0 Å². The maximum Gasteiger partial charge on any atom is 0.111 e. The molecule has 0 aliphatic heterocycles. The highest BCUT2D eigenvalue weighted by Crippen LogP contribution is 2.28. The molecule has 0 spiro atoms. The molecule has 0 aliphatic rings. The van der Waals surface area contributed by atoms with Crippen LogP contribution in [0.1, 0.15) is 68.6 Å². The van der Waals surface area contributed by atoms with Crippen molar-refractivity contribution < 1.29 is 0 Å². The first-order chi connectivity index (χ1) is 8.19. The monoisotopic (exact) mass is 230 g/mol. The molecule has 1 rings (SSSR count). The molecule has 1 atom stereocenters. The summed E-state index contributed by atoms with van der Waals surface area (Å²) < 4.78 is 0. The van der Waals surface area contributed by atoms with Gasteiger partial charge in [-0.1, -0.05) is 52.7 Å². The summed E-state index contributed by atoms with van der Waals surface area (Å²) in [6.45, 7) is 9.14. The van der Waals surface area contributed by atoms with Crippen molar-refractivity contribution in [1.29, 1.82) is 0 Å². The standard InChI is InChI=1S/C16H27B/c1-5-9-16(17)15-11-10-12(6-2)13(7-3)14(15)8-4/h10-11,16H,5-9,17H2,1-4H3. The quantitative estimate of drug-likeness (QED) is 0.651. The lowest BCUT2D eigenvalue weighted by molar-refractivity contribution is 0.757. The number of benzene rings is 1. The van der Waals surface area contributed by atoms with Crippen LogP contribution in [0.5, 0.6) is 0 Å². The first kappa shape index (κ1) is 14.3. The Labute approximate surface area is 108 Å². The van der Waals surface area contributed by atoms with Gasteiger partial charge >= 0.3 is 0 Å². The van der Waals surface area contributed by atoms with Gasteiger partial charge in [-0.25, -0.2) is 0 Å². The van der Waals surface area contributed by atoms with Crippen LogP contribution in [0.15, 0.2) is 12.1 Å². The molecule has 0 bridgehead atoms. The van der Waals surface area contributed by atoms with Crippen molar-refractivity contribution in [3.05, 3.63) is 34.4 Å². The first-order valence-corrected chi connectivity index (χ1v) is 7.32. The molecule has 0 aromatic heterocycles. The summed E-state index contributed by atoms with van der Waals surface area (Å²) in [5.74, 6) is 0.714. The summed E-state index contributed by atoms with van der Waals surface area (Å²) in [5.41, 5.74) is 6.41. The molecule has 94 valence electrons. The zero-order valence-electron chi connectivity index (χ0n) is 12.3. The van der Waals surface area contributed by atoms with Crippen molar-refractivity contribution >= 4 is 7.85 Å². The third-order valence-electron chi connectivity index (χ3n) is 3.91. The van der Waals surface area contributed by atoms with Gasteiger partial charge in [-0.05, 0) is 47.3 Å². The average molecular weight is 230 g/mol. The van der Waals surface area contributed by atoms with E-state index in [0.717, 1.165) is 0 Å². The van der Waals surface area contributed by atoms with Gasteiger partial charge in [0.15, 0.2) is 0 Å². The highest BCUT2D eigenvalue weighted by molar-refractivity contribution is 6.12. The minimum Gasteiger partial charge on any atom is -0.0654 e. The molecule has 1 aromatic rings. The Bertz CT molecular complexity index is 355. The summed E-state index contributed by atoms with van der Waals surface area (Å²) in [4.78, 5) is 0. The van der Waals surface area contributed by atoms with Gasteiger partial charge in [0.2, 0.25) is 0 Å². The first-order valence-electron chi connectivity index (χ1n) is 7.32. The molecule has 1 unspecified atom stereocenters. The SMILES string of the molecule is BC(CCC)c1ccc(CC)c(CC)c1CC. The van der Waals surface area contributed by atoms with Crippen LogP contribution in [-0.2, 0) is 19.3 Å². The Kier molecular flexibility index (Phi) is 5.81. The Hall–Kier alpha value is -0.715. The molecule has 0 amide bonds. The second-order valence-electron chi connectivity index (χ2n) is 5.02. The maximum absolute atomic E-state index is 2.39. The minimum atomic E-state index is 0.714. The molecule has 0 saturated heterocycles. The van der Waals surface area contributed by atoms with E-state index in [4.69, 9.17) is 0 Å². The Morgan fingerprint density at radius 2 is 1.59 bits per heavy atom. The summed E-state index contributed by atoms with van der Waals surface area (Å²) in [7, 11) is 2.38. The summed E-state index contributed by atoms with van der Waals surface area (Å²) in [6.07, 6.45) is 6.11. The fourth-order valence-electron chi connectivity index (χ4n) is 3.00. The van der Waals surface area contributed by atoms with Crippen molar-refractivity contribution in [3.63, 3.8) is 0 Å². The van der Waals surface area contributed by atoms with E-state index in [9.17, 15) is 0 Å². The Morgan fingerprint density at radius 1 is 0.941 bits per heavy atom. The van der Waals surface area contributed by atoms with E-state index in [1.54, 1.807) is 22.3 Å². The number of hydrogen-bond acceptors (Lipinski definition) is 0. The molecule has 17 heavy (non-hydrogen) atoms. The molecule has 1 aromatic carbocycles. The lowest BCUT2D eigenvalue weighted by Crippen LogP contribution is -2.07. The maximum atomic E-state index is 2.39. The largest absolute Gasteiger partial charge is 0.111 e. The van der Waals surface area contributed by atoms with Crippen LogP contribution in [0.3, 0.4) is 0 Å². The zero-order valence-corrected chi connectivity index (χ0v) is 12.3. The predicted molar refractivity (Wildman–Crippen MR) is 80.8 cm³/mol. The highest BCUT2D eigenvalue weighted by atomic mass is 14.2. The fourth-order valence-corrected chi connectivity index (χ4v) is 3.00. The van der Waals surface area contributed by atoms with E-state index in [0.29, 0.717) is 5.82 Å². The Morgan fingerprint density at radius 3 is 2.06 bits per heavy atom. The van der Waals surface area contributed by atoms with E-state index >= 15 is 0 Å². The van der Waals surface area contributed by atoms with Crippen LogP contribution in [0.2, 0.25) is 0 Å². The molecular weight excluding hydrogens is 203 g/mol. The van der Waals surface area contributed by atoms with Crippen molar-refractivity contribution in [2.45, 2.75) is 65.6 Å². The summed E-state index contributed by atoms with van der Waals surface area (Å²) >= 11 is 0. The molecule has 0 fully saturated rings. The molecule has 0 N–H and O–H groups in total. The molecule has 0 radical (unpaired) electrons. The fraction of sp³-hybridized carbons (Fsp3) is 0.625. The van der Waals surface area contributed by atoms with Crippen molar-refractivity contribution in [3.8, 4) is 0 Å². The molecule has 1 heteroatoms. The van der Waals surface area contributed by atoms with E-state index in [1.165, 1.54) is 32.1 Å². The van der Waals surface area contributed by atoms with Crippen LogP contribution in [0.25, 0.3) is 0 Å². The van der Waals surface area contributed by atoms with E-state index in [1.807, 2.05) is 0 Å². The van der Waals surface area contributed by atoms with Crippen LogP contribution < -0.4 is 0 Å². The highest BCUT2D eigenvalue weighted by Gasteiger charge is 2.14. The van der Waals surface area contributed by atoms with E-state index < -0.39 is 0 Å². The number of rotatable bonds is 6.